The van der Waals surface area contributed by atoms with E-state index in [-0.39, 0.29) is 0 Å². The highest BCUT2D eigenvalue weighted by molar-refractivity contribution is 7.99. The Morgan fingerprint density at radius 1 is 1.26 bits per heavy atom. The van der Waals surface area contributed by atoms with Crippen LogP contribution < -0.4 is 0 Å². The molecule has 1 N–H and O–H groups in total. The second-order valence-electron chi connectivity index (χ2n) is 4.38. The molecule has 0 fully saturated rings. The first-order valence-corrected chi connectivity index (χ1v) is 6.98. The Bertz CT molecular complexity index is 595. The van der Waals surface area contributed by atoms with Gasteiger partial charge >= 0.3 is 5.97 Å². The van der Waals surface area contributed by atoms with Crippen LogP contribution in [0, 0.1) is 0 Å². The van der Waals surface area contributed by atoms with E-state index in [1.165, 1.54) is 0 Å². The van der Waals surface area contributed by atoms with E-state index < -0.39 is 11.9 Å². The molecule has 0 aliphatic rings. The molecule has 19 heavy (non-hydrogen) atoms. The summed E-state index contributed by atoms with van der Waals surface area (Å²) in [5.74, 6) is -0.654. The van der Waals surface area contributed by atoms with Crippen LogP contribution in [0.3, 0.4) is 0 Å². The second-order valence-corrected chi connectivity index (χ2v) is 5.37. The lowest BCUT2D eigenvalue weighted by Gasteiger charge is -2.09. The lowest BCUT2D eigenvalue weighted by molar-refractivity contribution is -0.138. The van der Waals surface area contributed by atoms with Crippen molar-refractivity contribution in [2.45, 2.75) is 17.7 Å². The van der Waals surface area contributed by atoms with Crippen LogP contribution in [-0.4, -0.2) is 24.1 Å². The number of thioether (sulfide) groups is 1. The fourth-order valence-corrected chi connectivity index (χ4v) is 2.50. The maximum atomic E-state index is 11.0. The fourth-order valence-electron chi connectivity index (χ4n) is 1.87. The molecule has 1 atom stereocenters. The summed E-state index contributed by atoms with van der Waals surface area (Å²) in [5, 5.41) is 11.2. The highest BCUT2D eigenvalue weighted by Gasteiger charge is 2.13. The topological polar surface area (TPSA) is 46.5 Å². The molecule has 2 aromatic rings. The number of carboxylic acids is 1. The molecular formula is C15H16O3S. The first-order chi connectivity index (χ1) is 9.11. The smallest absolute Gasteiger partial charge is 0.310 e. The molecule has 2 aromatic carbocycles. The van der Waals surface area contributed by atoms with Crippen molar-refractivity contribution in [3.8, 4) is 0 Å². The van der Waals surface area contributed by atoms with Crippen molar-refractivity contribution >= 4 is 28.5 Å². The molecule has 3 nitrogen and oxygen atoms in total. The molecule has 0 aromatic heterocycles. The molecule has 100 valence electrons. The van der Waals surface area contributed by atoms with Gasteiger partial charge in [-0.3, -0.25) is 4.79 Å². The molecule has 0 spiro atoms. The quantitative estimate of drug-likeness (QED) is 0.668. The van der Waals surface area contributed by atoms with Crippen LogP contribution in [0.25, 0.3) is 10.8 Å². The molecule has 0 amide bonds. The molecule has 1 unspecified atom stereocenters. The Morgan fingerprint density at radius 3 is 2.63 bits per heavy atom. The predicted molar refractivity (Wildman–Crippen MR) is 77.7 cm³/mol. The van der Waals surface area contributed by atoms with E-state index in [1.807, 2.05) is 30.3 Å². The van der Waals surface area contributed by atoms with E-state index in [0.29, 0.717) is 5.94 Å². The van der Waals surface area contributed by atoms with E-state index in [9.17, 15) is 4.79 Å². The number of carbonyl (C=O) groups is 1. The molecule has 0 aliphatic heterocycles. The number of aliphatic carboxylic acids is 1. The number of fused-ring (bicyclic) bond motifs is 1. The predicted octanol–water partition coefficient (Wildman–Crippen LogP) is 3.72. The minimum Gasteiger partial charge on any atom is -0.481 e. The van der Waals surface area contributed by atoms with Crippen LogP contribution in [0.2, 0.25) is 0 Å². The minimum atomic E-state index is -0.799. The Balaban J connectivity index is 2.32. The van der Waals surface area contributed by atoms with Crippen LogP contribution in [0.1, 0.15) is 18.4 Å². The maximum Gasteiger partial charge on any atom is 0.310 e. The number of rotatable bonds is 5. The lowest BCUT2D eigenvalue weighted by Crippen LogP contribution is -2.06. The zero-order valence-electron chi connectivity index (χ0n) is 10.9. The van der Waals surface area contributed by atoms with Gasteiger partial charge in [0.2, 0.25) is 0 Å². The first kappa shape index (κ1) is 13.9. The fraction of sp³-hybridized carbons (Fsp3) is 0.267. The van der Waals surface area contributed by atoms with Crippen molar-refractivity contribution < 1.29 is 14.6 Å². The van der Waals surface area contributed by atoms with Crippen molar-refractivity contribution in [1.82, 2.24) is 0 Å². The van der Waals surface area contributed by atoms with Crippen LogP contribution in [0.4, 0.5) is 0 Å². The van der Waals surface area contributed by atoms with E-state index in [0.717, 1.165) is 21.2 Å². The molecule has 0 saturated carbocycles. The van der Waals surface area contributed by atoms with Crippen molar-refractivity contribution in [2.24, 2.45) is 0 Å². The van der Waals surface area contributed by atoms with E-state index in [2.05, 4.69) is 6.07 Å². The molecule has 0 heterocycles. The van der Waals surface area contributed by atoms with Gasteiger partial charge in [-0.2, -0.15) is 0 Å². The largest absolute Gasteiger partial charge is 0.481 e. The number of hydrogen-bond acceptors (Lipinski definition) is 3. The van der Waals surface area contributed by atoms with Gasteiger partial charge in [-0.15, -0.1) is 0 Å². The van der Waals surface area contributed by atoms with Crippen LogP contribution in [0.5, 0.6) is 0 Å². The van der Waals surface area contributed by atoms with E-state index >= 15 is 0 Å². The maximum absolute atomic E-state index is 11.0. The normalized spacial score (nSPS) is 12.5. The Morgan fingerprint density at radius 2 is 1.95 bits per heavy atom. The molecule has 0 radical (unpaired) electrons. The number of benzene rings is 2. The third-order valence-electron chi connectivity index (χ3n) is 3.05. The number of hydrogen-bond donors (Lipinski definition) is 1. The van der Waals surface area contributed by atoms with Crippen molar-refractivity contribution in [3.05, 3.63) is 42.0 Å². The Hall–Kier alpha value is -1.52. The highest BCUT2D eigenvalue weighted by atomic mass is 32.2. The van der Waals surface area contributed by atoms with Crippen LogP contribution in [-0.2, 0) is 9.53 Å². The Labute approximate surface area is 116 Å². The van der Waals surface area contributed by atoms with Gasteiger partial charge in [-0.1, -0.05) is 36.0 Å². The molecular weight excluding hydrogens is 260 g/mol. The highest BCUT2D eigenvalue weighted by Crippen LogP contribution is 2.26. The summed E-state index contributed by atoms with van der Waals surface area (Å²) >= 11 is 1.63. The standard InChI is InChI=1S/C15H16O3S/c1-10(15(16)17)11-3-4-13-8-14(19-9-18-2)6-5-12(13)7-11/h3-8,10H,9H2,1-2H3,(H,16,17). The van der Waals surface area contributed by atoms with Crippen molar-refractivity contribution in [2.75, 3.05) is 13.0 Å². The van der Waals surface area contributed by atoms with Gasteiger partial charge in [-0.05, 0) is 35.4 Å². The minimum absolute atomic E-state index is 0.480. The summed E-state index contributed by atoms with van der Waals surface area (Å²) < 4.78 is 5.03. The van der Waals surface area contributed by atoms with Gasteiger partial charge in [0.25, 0.3) is 0 Å². The van der Waals surface area contributed by atoms with Gasteiger partial charge in [0.15, 0.2) is 0 Å². The average molecular weight is 276 g/mol. The summed E-state index contributed by atoms with van der Waals surface area (Å²) in [7, 11) is 1.67. The van der Waals surface area contributed by atoms with Gasteiger partial charge in [0.1, 0.15) is 0 Å². The van der Waals surface area contributed by atoms with Gasteiger partial charge in [-0.25, -0.2) is 0 Å². The summed E-state index contributed by atoms with van der Waals surface area (Å²) in [6, 6.07) is 11.9. The monoisotopic (exact) mass is 276 g/mol. The summed E-state index contributed by atoms with van der Waals surface area (Å²) in [6.45, 7) is 1.70. The number of carboxylic acid groups (broad SMARTS) is 1. The zero-order chi connectivity index (χ0) is 13.8. The first-order valence-electron chi connectivity index (χ1n) is 6.00. The summed E-state index contributed by atoms with van der Waals surface area (Å²) in [6.07, 6.45) is 0. The van der Waals surface area contributed by atoms with Crippen LogP contribution >= 0.6 is 11.8 Å². The van der Waals surface area contributed by atoms with Gasteiger partial charge < -0.3 is 9.84 Å². The third-order valence-corrected chi connectivity index (χ3v) is 3.99. The van der Waals surface area contributed by atoms with Gasteiger partial charge in [0, 0.05) is 12.0 Å². The second kappa shape index (κ2) is 6.08. The summed E-state index contributed by atoms with van der Waals surface area (Å²) in [4.78, 5) is 12.1. The van der Waals surface area contributed by atoms with Crippen LogP contribution in [0.15, 0.2) is 41.3 Å². The molecule has 0 saturated heterocycles. The summed E-state index contributed by atoms with van der Waals surface area (Å²) in [5.41, 5.74) is 0.831. The lowest BCUT2D eigenvalue weighted by atomic mass is 9.98. The molecule has 0 bridgehead atoms. The van der Waals surface area contributed by atoms with E-state index in [1.54, 1.807) is 25.8 Å². The van der Waals surface area contributed by atoms with Gasteiger partial charge in [0.05, 0.1) is 11.9 Å². The Kier molecular flexibility index (Phi) is 4.45. The van der Waals surface area contributed by atoms with E-state index in [4.69, 9.17) is 9.84 Å². The molecule has 0 aliphatic carbocycles. The third kappa shape index (κ3) is 3.28. The molecule has 2 rings (SSSR count). The molecule has 4 heteroatoms. The number of ether oxygens (including phenoxy) is 1. The SMILES string of the molecule is COCSc1ccc2cc(C(C)C(=O)O)ccc2c1. The zero-order valence-corrected chi connectivity index (χ0v) is 11.7. The number of methoxy groups -OCH3 is 1. The van der Waals surface area contributed by atoms with Crippen molar-refractivity contribution in [3.63, 3.8) is 0 Å². The average Bonchev–Trinajstić information content (AvgIpc) is 2.43. The van der Waals surface area contributed by atoms with Crippen molar-refractivity contribution in [1.29, 1.82) is 0 Å².